The van der Waals surface area contributed by atoms with Crippen LogP contribution >= 0.6 is 15.8 Å². The monoisotopic (exact) mass is 608 g/mol. The summed E-state index contributed by atoms with van der Waals surface area (Å²) in [6.07, 6.45) is 13.4. The van der Waals surface area contributed by atoms with E-state index in [1.807, 2.05) is 10.6 Å². The Morgan fingerprint density at radius 1 is 0.676 bits per heavy atom. The molecule has 0 amide bonds. The van der Waals surface area contributed by atoms with Crippen molar-refractivity contribution in [2.24, 2.45) is 0 Å². The first kappa shape index (κ1) is 33.3. The molecule has 0 saturated carbocycles. The van der Waals surface area contributed by atoms with Gasteiger partial charge in [-0.25, -0.2) is 0 Å². The number of halogens is 2. The summed E-state index contributed by atoms with van der Waals surface area (Å²) in [5.74, 6) is 0. The Labute approximate surface area is 251 Å². The van der Waals surface area contributed by atoms with Gasteiger partial charge in [-0.05, 0) is 0 Å². The molecule has 0 bridgehead atoms. The molecule has 2 aliphatic carbocycles. The summed E-state index contributed by atoms with van der Waals surface area (Å²) in [6.45, 7) is 14.7. The molecule has 4 atom stereocenters. The normalized spacial score (nSPS) is 20.0. The van der Waals surface area contributed by atoms with E-state index in [1.165, 1.54) is 49.1 Å². The van der Waals surface area contributed by atoms with E-state index in [-0.39, 0.29) is 59.8 Å². The van der Waals surface area contributed by atoms with Crippen molar-refractivity contribution >= 4 is 28.0 Å². The van der Waals surface area contributed by atoms with Crippen molar-refractivity contribution in [1.29, 1.82) is 0 Å². The summed E-state index contributed by atoms with van der Waals surface area (Å²) in [5, 5.41) is 3.70. The Bertz CT molecular complexity index is 1050. The molecule has 0 fully saturated rings. The van der Waals surface area contributed by atoms with Crippen LogP contribution in [0.25, 0.3) is 12.2 Å². The molecule has 0 heterocycles. The Morgan fingerprint density at radius 2 is 1.11 bits per heavy atom. The summed E-state index contributed by atoms with van der Waals surface area (Å²) < 4.78 is 1.40. The first-order valence-corrected chi connectivity index (χ1v) is 18.9. The van der Waals surface area contributed by atoms with Crippen molar-refractivity contribution < 1.29 is 44.0 Å². The van der Waals surface area contributed by atoms with Crippen molar-refractivity contribution in [3.05, 3.63) is 81.4 Å². The van der Waals surface area contributed by atoms with Gasteiger partial charge in [0.15, 0.2) is 0 Å². The van der Waals surface area contributed by atoms with E-state index in [2.05, 4.69) is 102 Å². The topological polar surface area (TPSA) is 0 Å². The first-order valence-electron chi connectivity index (χ1n) is 13.9. The van der Waals surface area contributed by atoms with Gasteiger partial charge in [0.1, 0.15) is 0 Å². The number of benzene rings is 2. The minimum atomic E-state index is -0.281. The third-order valence-electron chi connectivity index (χ3n) is 7.93. The maximum atomic E-state index is 2.67. The summed E-state index contributed by atoms with van der Waals surface area (Å²) in [5.41, 5.74) is 7.97. The van der Waals surface area contributed by atoms with Gasteiger partial charge in [0.25, 0.3) is 0 Å². The van der Waals surface area contributed by atoms with Crippen LogP contribution in [0.15, 0.2) is 59.2 Å². The van der Waals surface area contributed by atoms with Crippen LogP contribution in [0.2, 0.25) is 0 Å². The number of hydrogen-bond acceptors (Lipinski definition) is 0. The van der Waals surface area contributed by atoms with E-state index in [0.29, 0.717) is 8.45 Å². The Morgan fingerprint density at radius 3 is 1.57 bits per heavy atom. The fraction of sp³-hybridized carbons (Fsp3) is 0.500. The molecule has 0 spiro atoms. The minimum Gasteiger partial charge on any atom is -1.00 e. The first-order chi connectivity index (χ1) is 17.0. The molecular weight excluding hydrogens is 565 g/mol. The molecule has 0 N–H and O–H groups in total. The quantitative estimate of drug-likeness (QED) is 0.243. The van der Waals surface area contributed by atoms with E-state index < -0.39 is 0 Å². The number of hydrogen-bond donors (Lipinski definition) is 0. The standard InChI is InChI=1S/C17H24P.C15H20P.2ClH.Ti/c1-5-13(3)18(14(4)6-2)17-11-15-9-7-8-10-16(15)12-17;1-3-9-16(10-4-2)15-11-13-7-5-6-8-14(13)12-15;;;/h7-14H,5-6H2,1-4H3;5-8,11-12H,3-4,9-10H2,1-2H3;2*1H;/q;;;;+2/p-2. The second-order valence-corrected chi connectivity index (χ2v) is 18.2. The molecule has 0 nitrogen and oxygen atoms in total. The van der Waals surface area contributed by atoms with Gasteiger partial charge in [0.2, 0.25) is 0 Å². The zero-order chi connectivity index (χ0) is 24.9. The SMILES string of the molecule is CCCP(CCC)C1=Cc2ccccc2[CH]1[Ti+2][CH]1C(P(C(C)CC)C(C)CC)=Cc2ccccc21.[Cl-].[Cl-]. The van der Waals surface area contributed by atoms with Crippen LogP contribution in [0.1, 0.15) is 97.9 Å². The smallest absolute Gasteiger partial charge is 1.00 e. The molecule has 200 valence electrons. The third-order valence-corrected chi connectivity index (χ3v) is 18.4. The van der Waals surface area contributed by atoms with Crippen LogP contribution in [0.4, 0.5) is 0 Å². The van der Waals surface area contributed by atoms with Gasteiger partial charge in [0.05, 0.1) is 0 Å². The van der Waals surface area contributed by atoms with Crippen LogP contribution in [-0.4, -0.2) is 23.6 Å². The van der Waals surface area contributed by atoms with Crippen molar-refractivity contribution in [3.63, 3.8) is 0 Å². The van der Waals surface area contributed by atoms with Crippen molar-refractivity contribution in [2.75, 3.05) is 12.3 Å². The second kappa shape index (κ2) is 15.8. The molecule has 0 aromatic heterocycles. The predicted octanol–water partition coefficient (Wildman–Crippen LogP) is 4.65. The summed E-state index contributed by atoms with van der Waals surface area (Å²) in [7, 11) is -0.140. The van der Waals surface area contributed by atoms with Gasteiger partial charge in [0, 0.05) is 0 Å². The van der Waals surface area contributed by atoms with Crippen molar-refractivity contribution in [1.82, 2.24) is 0 Å². The van der Waals surface area contributed by atoms with E-state index in [1.54, 1.807) is 11.1 Å². The van der Waals surface area contributed by atoms with Gasteiger partial charge < -0.3 is 24.8 Å². The van der Waals surface area contributed by atoms with Crippen LogP contribution in [-0.2, 0) is 19.2 Å². The second-order valence-electron chi connectivity index (χ2n) is 10.3. The van der Waals surface area contributed by atoms with Gasteiger partial charge in [-0.1, -0.05) is 0 Å². The molecule has 4 unspecified atom stereocenters. The summed E-state index contributed by atoms with van der Waals surface area (Å²) in [4.78, 5) is 0. The molecule has 0 aliphatic heterocycles. The van der Waals surface area contributed by atoms with Gasteiger partial charge >= 0.3 is 228 Å². The van der Waals surface area contributed by atoms with Crippen molar-refractivity contribution in [2.45, 2.75) is 87.0 Å². The maximum absolute atomic E-state index is 2.67. The Hall–Kier alpha value is 0.0743. The van der Waals surface area contributed by atoms with E-state index in [4.69, 9.17) is 0 Å². The average molecular weight is 609 g/mol. The fourth-order valence-corrected chi connectivity index (χ4v) is 16.8. The van der Waals surface area contributed by atoms with Gasteiger partial charge in [-0.15, -0.1) is 0 Å². The van der Waals surface area contributed by atoms with E-state index in [0.717, 1.165) is 11.3 Å². The molecule has 0 radical (unpaired) electrons. The molecule has 2 aromatic carbocycles. The zero-order valence-electron chi connectivity index (χ0n) is 23.5. The predicted molar refractivity (Wildman–Crippen MR) is 158 cm³/mol. The van der Waals surface area contributed by atoms with Crippen LogP contribution < -0.4 is 24.8 Å². The maximum Gasteiger partial charge on any atom is -1.00 e. The van der Waals surface area contributed by atoms with Crippen LogP contribution in [0, 0.1) is 0 Å². The van der Waals surface area contributed by atoms with Gasteiger partial charge in [-0.2, -0.15) is 0 Å². The largest absolute Gasteiger partial charge is 1.00 e. The van der Waals surface area contributed by atoms with Crippen LogP contribution in [0.5, 0.6) is 0 Å². The number of rotatable bonds is 12. The molecular formula is C32H44Cl2P2Ti. The minimum absolute atomic E-state index is 0. The third kappa shape index (κ3) is 7.24. The molecule has 0 saturated heterocycles. The number of allylic oxidation sites excluding steroid dienone is 2. The van der Waals surface area contributed by atoms with E-state index in [9.17, 15) is 0 Å². The summed E-state index contributed by atoms with van der Waals surface area (Å²) >= 11 is -0.281. The Balaban J connectivity index is 0.00000241. The fourth-order valence-electron chi connectivity index (χ4n) is 5.88. The number of fused-ring (bicyclic) bond motifs is 2. The van der Waals surface area contributed by atoms with E-state index >= 15 is 0 Å². The average Bonchev–Trinajstić information content (AvgIpc) is 3.42. The Kier molecular flexibility index (Phi) is 14.2. The molecule has 2 aliphatic rings. The zero-order valence-corrected chi connectivity index (χ0v) is 28.3. The van der Waals surface area contributed by atoms with Gasteiger partial charge in [-0.3, -0.25) is 0 Å². The molecule has 37 heavy (non-hydrogen) atoms. The van der Waals surface area contributed by atoms with Crippen molar-refractivity contribution in [3.8, 4) is 0 Å². The molecule has 5 heteroatoms. The van der Waals surface area contributed by atoms with Crippen LogP contribution in [0.3, 0.4) is 0 Å². The molecule has 2 aromatic rings. The molecule has 4 rings (SSSR count). The summed E-state index contributed by atoms with van der Waals surface area (Å²) in [6, 6.07) is 18.8.